The van der Waals surface area contributed by atoms with Crippen LogP contribution < -0.4 is 0 Å². The van der Waals surface area contributed by atoms with Crippen molar-refractivity contribution in [3.8, 4) is 0 Å². The molecule has 0 amide bonds. The smallest absolute Gasteiger partial charge is 0.253 e. The Bertz CT molecular complexity index is 485. The van der Waals surface area contributed by atoms with E-state index in [1.54, 1.807) is 16.3 Å². The first-order valence-corrected chi connectivity index (χ1v) is 6.03. The summed E-state index contributed by atoms with van der Waals surface area (Å²) in [7, 11) is 0. The highest BCUT2D eigenvalue weighted by atomic mass is 32.2. The quantitative estimate of drug-likeness (QED) is 0.642. The predicted molar refractivity (Wildman–Crippen MR) is 62.5 cm³/mol. The largest absolute Gasteiger partial charge is 0.396 e. The number of aryl methyl sites for hydroxylation is 1. The maximum atomic E-state index is 8.88. The molecule has 0 aliphatic carbocycles. The van der Waals surface area contributed by atoms with Crippen LogP contribution in [0.2, 0.25) is 0 Å². The van der Waals surface area contributed by atoms with Gasteiger partial charge < -0.3 is 5.11 Å². The number of thioether (sulfide) groups is 1. The van der Waals surface area contributed by atoms with Gasteiger partial charge in [-0.25, -0.2) is 4.98 Å². The Morgan fingerprint density at radius 1 is 1.56 bits per heavy atom. The SMILES string of the molecule is Cc1cc(SC(C)CCO)n2ncnc2n1. The number of hydrogen-bond donors (Lipinski definition) is 1. The van der Waals surface area contributed by atoms with E-state index in [-0.39, 0.29) is 6.61 Å². The third kappa shape index (κ3) is 2.33. The van der Waals surface area contributed by atoms with Crippen LogP contribution in [0.5, 0.6) is 0 Å². The van der Waals surface area contributed by atoms with Crippen molar-refractivity contribution in [1.29, 1.82) is 0 Å². The van der Waals surface area contributed by atoms with Gasteiger partial charge in [0.2, 0.25) is 0 Å². The van der Waals surface area contributed by atoms with E-state index in [2.05, 4.69) is 22.0 Å². The standard InChI is InChI=1S/C10H14N4OS/c1-7-5-9(16-8(2)3-4-15)14-10(13-7)11-6-12-14/h5-6,8,15H,3-4H2,1-2H3. The second-order valence-corrected chi connectivity index (χ2v) is 5.11. The molecule has 1 atom stereocenters. The van der Waals surface area contributed by atoms with Gasteiger partial charge in [0.15, 0.2) is 0 Å². The van der Waals surface area contributed by atoms with Crippen LogP contribution in [-0.4, -0.2) is 36.5 Å². The van der Waals surface area contributed by atoms with Gasteiger partial charge in [-0.1, -0.05) is 6.92 Å². The first-order valence-electron chi connectivity index (χ1n) is 5.15. The van der Waals surface area contributed by atoms with Gasteiger partial charge >= 0.3 is 0 Å². The third-order valence-corrected chi connectivity index (χ3v) is 3.38. The molecule has 2 aromatic heterocycles. The van der Waals surface area contributed by atoms with Gasteiger partial charge in [-0.3, -0.25) is 0 Å². The summed E-state index contributed by atoms with van der Waals surface area (Å²) in [5.41, 5.74) is 0.930. The van der Waals surface area contributed by atoms with E-state index in [0.29, 0.717) is 11.0 Å². The fraction of sp³-hybridized carbons (Fsp3) is 0.500. The Balaban J connectivity index is 2.31. The molecule has 1 unspecified atom stereocenters. The number of nitrogens with zero attached hydrogens (tertiary/aromatic N) is 4. The molecule has 0 bridgehead atoms. The minimum absolute atomic E-state index is 0.207. The zero-order valence-electron chi connectivity index (χ0n) is 9.29. The Kier molecular flexibility index (Phi) is 3.40. The number of aliphatic hydroxyl groups excluding tert-OH is 1. The van der Waals surface area contributed by atoms with Crippen LogP contribution in [0.4, 0.5) is 0 Å². The molecule has 0 saturated carbocycles. The fourth-order valence-corrected chi connectivity index (χ4v) is 2.53. The maximum absolute atomic E-state index is 8.88. The molecule has 16 heavy (non-hydrogen) atoms. The molecule has 0 aliphatic rings. The Morgan fingerprint density at radius 2 is 2.38 bits per heavy atom. The fourth-order valence-electron chi connectivity index (χ4n) is 1.43. The van der Waals surface area contributed by atoms with Crippen molar-refractivity contribution < 1.29 is 5.11 Å². The minimum atomic E-state index is 0.207. The van der Waals surface area contributed by atoms with Gasteiger partial charge in [-0.15, -0.1) is 11.8 Å². The van der Waals surface area contributed by atoms with Crippen molar-refractivity contribution in [2.45, 2.75) is 30.5 Å². The maximum Gasteiger partial charge on any atom is 0.253 e. The number of rotatable bonds is 4. The Hall–Kier alpha value is -1.14. The summed E-state index contributed by atoms with van der Waals surface area (Å²) < 4.78 is 1.73. The lowest BCUT2D eigenvalue weighted by atomic mass is 10.3. The van der Waals surface area contributed by atoms with Gasteiger partial charge in [0.25, 0.3) is 5.78 Å². The Labute approximate surface area is 97.9 Å². The Morgan fingerprint density at radius 3 is 3.12 bits per heavy atom. The molecule has 2 rings (SSSR count). The van der Waals surface area contributed by atoms with Crippen LogP contribution in [0.25, 0.3) is 5.78 Å². The first-order chi connectivity index (χ1) is 7.70. The van der Waals surface area contributed by atoms with Crippen LogP contribution in [0, 0.1) is 6.92 Å². The molecule has 2 heterocycles. The molecule has 0 saturated heterocycles. The molecule has 0 radical (unpaired) electrons. The molecule has 0 aliphatic heterocycles. The monoisotopic (exact) mass is 238 g/mol. The average molecular weight is 238 g/mol. The van der Waals surface area contributed by atoms with Gasteiger partial charge in [0, 0.05) is 17.6 Å². The van der Waals surface area contributed by atoms with E-state index >= 15 is 0 Å². The minimum Gasteiger partial charge on any atom is -0.396 e. The molecular weight excluding hydrogens is 224 g/mol. The number of aliphatic hydroxyl groups is 1. The van der Waals surface area contributed by atoms with E-state index in [4.69, 9.17) is 5.11 Å². The lowest BCUT2D eigenvalue weighted by Gasteiger charge is -2.10. The van der Waals surface area contributed by atoms with Crippen LogP contribution in [-0.2, 0) is 0 Å². The van der Waals surface area contributed by atoms with Crippen LogP contribution in [0.3, 0.4) is 0 Å². The predicted octanol–water partition coefficient (Wildman–Crippen LogP) is 1.30. The van der Waals surface area contributed by atoms with Crippen molar-refractivity contribution in [2.75, 3.05) is 6.61 Å². The lowest BCUT2D eigenvalue weighted by molar-refractivity contribution is 0.289. The molecule has 0 spiro atoms. The topological polar surface area (TPSA) is 63.3 Å². The summed E-state index contributed by atoms with van der Waals surface area (Å²) >= 11 is 1.68. The number of aromatic nitrogens is 4. The van der Waals surface area contributed by atoms with E-state index in [1.165, 1.54) is 6.33 Å². The van der Waals surface area contributed by atoms with Crippen molar-refractivity contribution in [1.82, 2.24) is 19.6 Å². The van der Waals surface area contributed by atoms with Crippen LogP contribution in [0.15, 0.2) is 17.4 Å². The molecule has 86 valence electrons. The molecule has 0 fully saturated rings. The number of fused-ring (bicyclic) bond motifs is 1. The molecule has 1 N–H and O–H groups in total. The van der Waals surface area contributed by atoms with E-state index < -0.39 is 0 Å². The lowest BCUT2D eigenvalue weighted by Crippen LogP contribution is -2.03. The van der Waals surface area contributed by atoms with Gasteiger partial charge in [-0.2, -0.15) is 14.6 Å². The second-order valence-electron chi connectivity index (χ2n) is 3.65. The summed E-state index contributed by atoms with van der Waals surface area (Å²) in [5.74, 6) is 0.624. The van der Waals surface area contributed by atoms with Gasteiger partial charge in [-0.05, 0) is 19.4 Å². The van der Waals surface area contributed by atoms with Crippen molar-refractivity contribution in [2.24, 2.45) is 0 Å². The van der Waals surface area contributed by atoms with E-state index in [9.17, 15) is 0 Å². The van der Waals surface area contributed by atoms with Crippen LogP contribution in [0.1, 0.15) is 19.0 Å². The van der Waals surface area contributed by atoms with Gasteiger partial charge in [0.1, 0.15) is 11.4 Å². The van der Waals surface area contributed by atoms with Crippen molar-refractivity contribution >= 4 is 17.5 Å². The number of hydrogen-bond acceptors (Lipinski definition) is 5. The highest BCUT2D eigenvalue weighted by Crippen LogP contribution is 2.25. The molecular formula is C10H14N4OS. The van der Waals surface area contributed by atoms with Crippen molar-refractivity contribution in [3.63, 3.8) is 0 Å². The third-order valence-electron chi connectivity index (χ3n) is 2.20. The van der Waals surface area contributed by atoms with Crippen molar-refractivity contribution in [3.05, 3.63) is 18.1 Å². The highest BCUT2D eigenvalue weighted by molar-refractivity contribution is 7.99. The molecule has 0 aromatic carbocycles. The molecule has 5 nitrogen and oxygen atoms in total. The molecule has 2 aromatic rings. The summed E-state index contributed by atoms with van der Waals surface area (Å²) in [6.45, 7) is 4.23. The summed E-state index contributed by atoms with van der Waals surface area (Å²) in [5, 5.41) is 14.4. The van der Waals surface area contributed by atoms with Gasteiger partial charge in [0.05, 0.1) is 0 Å². The van der Waals surface area contributed by atoms with E-state index in [1.807, 2.05) is 13.0 Å². The zero-order chi connectivity index (χ0) is 11.5. The average Bonchev–Trinajstić information content (AvgIpc) is 2.65. The summed E-state index contributed by atoms with van der Waals surface area (Å²) in [6, 6.07) is 1.99. The molecule has 6 heteroatoms. The first kappa shape index (κ1) is 11.3. The normalized spacial score (nSPS) is 13.2. The summed E-state index contributed by atoms with van der Waals surface area (Å²) in [6.07, 6.45) is 2.27. The highest BCUT2D eigenvalue weighted by Gasteiger charge is 2.10. The van der Waals surface area contributed by atoms with E-state index in [0.717, 1.165) is 17.1 Å². The zero-order valence-corrected chi connectivity index (χ0v) is 10.1. The summed E-state index contributed by atoms with van der Waals surface area (Å²) in [4.78, 5) is 8.35. The van der Waals surface area contributed by atoms with Crippen LogP contribution >= 0.6 is 11.8 Å². The second kappa shape index (κ2) is 4.80.